The summed E-state index contributed by atoms with van der Waals surface area (Å²) < 4.78 is 0. The molecule has 2 aliphatic rings. The third-order valence-corrected chi connectivity index (χ3v) is 4.07. The van der Waals surface area contributed by atoms with E-state index in [4.69, 9.17) is 0 Å². The summed E-state index contributed by atoms with van der Waals surface area (Å²) in [7, 11) is 0. The molecule has 0 aromatic heterocycles. The summed E-state index contributed by atoms with van der Waals surface area (Å²) in [5.74, 6) is 2.16. The molecule has 1 amide bonds. The second-order valence-electron chi connectivity index (χ2n) is 6.82. The van der Waals surface area contributed by atoms with Crippen LogP contribution in [0.2, 0.25) is 0 Å². The maximum Gasteiger partial charge on any atom is 0.252 e. The zero-order valence-corrected chi connectivity index (χ0v) is 12.6. The Morgan fingerprint density at radius 1 is 1.37 bits per heavy atom. The lowest BCUT2D eigenvalue weighted by atomic mass is 9.73. The molecule has 1 saturated heterocycles. The van der Waals surface area contributed by atoms with Gasteiger partial charge in [0.05, 0.1) is 0 Å². The van der Waals surface area contributed by atoms with E-state index in [1.54, 1.807) is 0 Å². The van der Waals surface area contributed by atoms with Crippen molar-refractivity contribution in [1.82, 2.24) is 10.6 Å². The van der Waals surface area contributed by atoms with E-state index in [1.165, 1.54) is 12.8 Å². The molecule has 0 radical (unpaired) electrons. The fourth-order valence-electron chi connectivity index (χ4n) is 3.44. The van der Waals surface area contributed by atoms with Crippen molar-refractivity contribution in [3.05, 3.63) is 0 Å². The highest BCUT2D eigenvalue weighted by molar-refractivity contribution is 6.09. The first-order valence-corrected chi connectivity index (χ1v) is 7.59. The van der Waals surface area contributed by atoms with Gasteiger partial charge in [-0.25, -0.2) is 0 Å². The fourth-order valence-corrected chi connectivity index (χ4v) is 3.44. The number of aliphatic imine (C=N–C) groups is 1. The summed E-state index contributed by atoms with van der Waals surface area (Å²) in [4.78, 5) is 16.8. The van der Waals surface area contributed by atoms with Crippen LogP contribution in [-0.4, -0.2) is 23.4 Å². The van der Waals surface area contributed by atoms with Gasteiger partial charge in [-0.3, -0.25) is 15.1 Å². The zero-order valence-electron chi connectivity index (χ0n) is 12.6. The van der Waals surface area contributed by atoms with Crippen molar-refractivity contribution in [2.45, 2.75) is 71.4 Å². The molecular formula is C15H27N3O. The van der Waals surface area contributed by atoms with E-state index in [2.05, 4.69) is 29.5 Å². The lowest BCUT2D eigenvalue weighted by Gasteiger charge is -2.36. The second kappa shape index (κ2) is 5.51. The molecule has 1 aliphatic carbocycles. The highest BCUT2D eigenvalue weighted by Gasteiger charge is 2.47. The molecule has 108 valence electrons. The van der Waals surface area contributed by atoms with Gasteiger partial charge in [-0.2, -0.15) is 0 Å². The number of carbonyl (C=O) groups excluding carboxylic acids is 1. The van der Waals surface area contributed by atoms with E-state index >= 15 is 0 Å². The molecule has 1 heterocycles. The number of nitrogens with one attached hydrogen (secondary N) is 2. The van der Waals surface area contributed by atoms with Crippen LogP contribution in [0.3, 0.4) is 0 Å². The van der Waals surface area contributed by atoms with Gasteiger partial charge in [0.1, 0.15) is 5.54 Å². The maximum atomic E-state index is 12.3. The molecule has 0 aromatic carbocycles. The number of nitrogens with zero attached hydrogens (tertiary/aromatic N) is 1. The minimum Gasteiger partial charge on any atom is -0.342 e. The van der Waals surface area contributed by atoms with E-state index in [0.29, 0.717) is 17.8 Å². The first-order valence-electron chi connectivity index (χ1n) is 7.59. The molecule has 2 rings (SSSR count). The Morgan fingerprint density at radius 2 is 2.11 bits per heavy atom. The highest BCUT2D eigenvalue weighted by atomic mass is 16.2. The Bertz CT molecular complexity index is 376. The summed E-state index contributed by atoms with van der Waals surface area (Å²) >= 11 is 0. The van der Waals surface area contributed by atoms with Crippen LogP contribution in [-0.2, 0) is 4.79 Å². The molecule has 2 N–H and O–H groups in total. The lowest BCUT2D eigenvalue weighted by Crippen LogP contribution is -2.50. The van der Waals surface area contributed by atoms with Crippen LogP contribution in [0, 0.1) is 11.8 Å². The Kier molecular flexibility index (Phi) is 4.16. The zero-order chi connectivity index (χ0) is 14.0. The van der Waals surface area contributed by atoms with Crippen molar-refractivity contribution in [2.24, 2.45) is 16.8 Å². The Balaban J connectivity index is 2.08. The summed E-state index contributed by atoms with van der Waals surface area (Å²) in [6.07, 6.45) is 5.49. The van der Waals surface area contributed by atoms with Gasteiger partial charge in [-0.05, 0) is 44.9 Å². The number of guanidine groups is 1. The molecule has 0 bridgehead atoms. The Labute approximate surface area is 116 Å². The number of hydrogen-bond acceptors (Lipinski definition) is 2. The SMILES string of the molecule is CC(C)CC1CCCC2(C1)NC(=NC(C)C)NC2=O. The minimum absolute atomic E-state index is 0.125. The predicted molar refractivity (Wildman–Crippen MR) is 78.0 cm³/mol. The van der Waals surface area contributed by atoms with Gasteiger partial charge in [0.25, 0.3) is 5.91 Å². The van der Waals surface area contributed by atoms with Crippen molar-refractivity contribution in [2.75, 3.05) is 0 Å². The number of amides is 1. The first kappa shape index (κ1) is 14.4. The normalized spacial score (nSPS) is 33.3. The Morgan fingerprint density at radius 3 is 2.74 bits per heavy atom. The molecule has 4 heteroatoms. The van der Waals surface area contributed by atoms with Crippen LogP contribution >= 0.6 is 0 Å². The minimum atomic E-state index is -0.383. The average molecular weight is 265 g/mol. The second-order valence-corrected chi connectivity index (χ2v) is 6.82. The van der Waals surface area contributed by atoms with Crippen LogP contribution in [0.15, 0.2) is 4.99 Å². The molecule has 0 aromatic rings. The summed E-state index contributed by atoms with van der Waals surface area (Å²) in [6, 6.07) is 0.202. The number of carbonyl (C=O) groups is 1. The van der Waals surface area contributed by atoms with Gasteiger partial charge in [0.15, 0.2) is 5.96 Å². The summed E-state index contributed by atoms with van der Waals surface area (Å²) in [6.45, 7) is 8.56. The standard InChI is InChI=1S/C15H27N3O/c1-10(2)8-12-6-5-7-15(9-12)13(19)17-14(18-15)16-11(3)4/h10-12H,5-9H2,1-4H3,(H2,16,17,18,19). The fraction of sp³-hybridized carbons (Fsp3) is 0.867. The van der Waals surface area contributed by atoms with Crippen molar-refractivity contribution >= 4 is 11.9 Å². The average Bonchev–Trinajstić information content (AvgIpc) is 2.53. The van der Waals surface area contributed by atoms with Crippen LogP contribution in [0.5, 0.6) is 0 Å². The van der Waals surface area contributed by atoms with Crippen molar-refractivity contribution in [3.63, 3.8) is 0 Å². The molecule has 19 heavy (non-hydrogen) atoms. The van der Waals surface area contributed by atoms with Crippen LogP contribution in [0.25, 0.3) is 0 Å². The molecule has 1 spiro atoms. The molecule has 2 unspecified atom stereocenters. The van der Waals surface area contributed by atoms with Crippen molar-refractivity contribution in [1.29, 1.82) is 0 Å². The summed E-state index contributed by atoms with van der Waals surface area (Å²) in [5, 5.41) is 6.30. The molecule has 2 atom stereocenters. The smallest absolute Gasteiger partial charge is 0.252 e. The number of hydrogen-bond donors (Lipinski definition) is 2. The molecular weight excluding hydrogens is 238 g/mol. The third-order valence-electron chi connectivity index (χ3n) is 4.07. The van der Waals surface area contributed by atoms with Gasteiger partial charge in [0.2, 0.25) is 0 Å². The van der Waals surface area contributed by atoms with E-state index < -0.39 is 0 Å². The topological polar surface area (TPSA) is 53.5 Å². The van der Waals surface area contributed by atoms with Crippen LogP contribution in [0.4, 0.5) is 0 Å². The number of rotatable bonds is 3. The quantitative estimate of drug-likeness (QED) is 0.823. The third kappa shape index (κ3) is 3.28. The monoisotopic (exact) mass is 265 g/mol. The van der Waals surface area contributed by atoms with E-state index in [0.717, 1.165) is 19.3 Å². The molecule has 1 aliphatic heterocycles. The van der Waals surface area contributed by atoms with Crippen LogP contribution in [0.1, 0.15) is 59.8 Å². The van der Waals surface area contributed by atoms with Gasteiger partial charge in [-0.15, -0.1) is 0 Å². The van der Waals surface area contributed by atoms with Gasteiger partial charge >= 0.3 is 0 Å². The molecule has 1 saturated carbocycles. The Hall–Kier alpha value is -1.06. The van der Waals surface area contributed by atoms with E-state index in [9.17, 15) is 4.79 Å². The molecule has 2 fully saturated rings. The largest absolute Gasteiger partial charge is 0.342 e. The maximum absolute atomic E-state index is 12.3. The molecule has 4 nitrogen and oxygen atoms in total. The van der Waals surface area contributed by atoms with Crippen molar-refractivity contribution in [3.8, 4) is 0 Å². The van der Waals surface area contributed by atoms with Crippen molar-refractivity contribution < 1.29 is 4.79 Å². The van der Waals surface area contributed by atoms with Gasteiger partial charge in [-0.1, -0.05) is 26.7 Å². The van der Waals surface area contributed by atoms with E-state index in [1.807, 2.05) is 13.8 Å². The highest BCUT2D eigenvalue weighted by Crippen LogP contribution is 2.37. The first-order chi connectivity index (χ1) is 8.91. The predicted octanol–water partition coefficient (Wildman–Crippen LogP) is 2.45. The van der Waals surface area contributed by atoms with Crippen LogP contribution < -0.4 is 10.6 Å². The van der Waals surface area contributed by atoms with Gasteiger partial charge in [0, 0.05) is 6.04 Å². The summed E-state index contributed by atoms with van der Waals surface area (Å²) in [5.41, 5.74) is -0.383. The van der Waals surface area contributed by atoms with E-state index in [-0.39, 0.29) is 17.5 Å². The van der Waals surface area contributed by atoms with Gasteiger partial charge < -0.3 is 5.32 Å². The lowest BCUT2D eigenvalue weighted by molar-refractivity contribution is -0.125.